The van der Waals surface area contributed by atoms with E-state index in [9.17, 15) is 24.3 Å². The number of carboxylic acid groups (broad SMARTS) is 1. The highest BCUT2D eigenvalue weighted by Gasteiger charge is 2.41. The van der Waals surface area contributed by atoms with E-state index in [1.165, 1.54) is 4.90 Å². The summed E-state index contributed by atoms with van der Waals surface area (Å²) in [6.07, 6.45) is 0.390. The number of thioether (sulfide) groups is 2. The third-order valence-electron chi connectivity index (χ3n) is 4.50. The third-order valence-corrected chi connectivity index (χ3v) is 6.81. The van der Waals surface area contributed by atoms with Gasteiger partial charge in [-0.15, -0.1) is 0 Å². The Bertz CT molecular complexity index is 904. The number of rotatable bonds is 7. The zero-order chi connectivity index (χ0) is 20.8. The molecule has 2 aromatic rings. The Morgan fingerprint density at radius 2 is 1.48 bits per heavy atom. The number of nitrogens with zero attached hydrogens (tertiary/aromatic N) is 1. The molecule has 29 heavy (non-hydrogen) atoms. The fourth-order valence-electron chi connectivity index (χ4n) is 2.83. The van der Waals surface area contributed by atoms with Gasteiger partial charge in [-0.3, -0.25) is 14.4 Å². The van der Waals surface area contributed by atoms with E-state index in [1.807, 2.05) is 0 Å². The Hall–Kier alpha value is -2.58. The fourth-order valence-corrected chi connectivity index (χ4v) is 4.82. The minimum atomic E-state index is -1.06. The molecule has 2 atom stereocenters. The number of carbonyl (C=O) groups is 4. The summed E-state index contributed by atoms with van der Waals surface area (Å²) >= 11 is 1.80. The van der Waals surface area contributed by atoms with E-state index in [-0.39, 0.29) is 16.0 Å². The lowest BCUT2D eigenvalue weighted by Crippen LogP contribution is -2.57. The second-order valence-corrected chi connectivity index (χ2v) is 8.57. The van der Waals surface area contributed by atoms with Gasteiger partial charge in [0.15, 0.2) is 0 Å². The van der Waals surface area contributed by atoms with Crippen molar-refractivity contribution in [3.8, 4) is 0 Å². The zero-order valence-electron chi connectivity index (χ0n) is 15.4. The van der Waals surface area contributed by atoms with Crippen molar-refractivity contribution in [1.29, 1.82) is 0 Å². The first-order valence-corrected chi connectivity index (χ1v) is 10.9. The number of amides is 1. The molecule has 1 aliphatic rings. The van der Waals surface area contributed by atoms with Crippen LogP contribution in [0.1, 0.15) is 27.1 Å². The molecule has 1 N–H and O–H groups in total. The van der Waals surface area contributed by atoms with Gasteiger partial charge in [0.2, 0.25) is 16.1 Å². The quantitative estimate of drug-likeness (QED) is 0.723. The van der Waals surface area contributed by atoms with E-state index in [2.05, 4.69) is 0 Å². The number of carboxylic acids is 1. The van der Waals surface area contributed by atoms with Crippen LogP contribution in [0.15, 0.2) is 60.7 Å². The summed E-state index contributed by atoms with van der Waals surface area (Å²) in [7, 11) is 0. The molecule has 1 heterocycles. The molecular formula is C21H19NO5S2. The molecule has 0 spiro atoms. The molecule has 1 saturated heterocycles. The van der Waals surface area contributed by atoms with Gasteiger partial charge in [-0.05, 0) is 6.42 Å². The summed E-state index contributed by atoms with van der Waals surface area (Å²) in [4.78, 5) is 50.5. The molecule has 2 unspecified atom stereocenters. The summed E-state index contributed by atoms with van der Waals surface area (Å²) in [5, 5.41) is 7.90. The molecule has 1 amide bonds. The summed E-state index contributed by atoms with van der Waals surface area (Å²) in [5.74, 6) is -1.40. The van der Waals surface area contributed by atoms with Crippen LogP contribution in [0, 0.1) is 0 Å². The maximum atomic E-state index is 12.9. The van der Waals surface area contributed by atoms with E-state index in [4.69, 9.17) is 0 Å². The number of carbonyl (C=O) groups excluding carboxylic acids is 3. The van der Waals surface area contributed by atoms with Crippen molar-refractivity contribution in [1.82, 2.24) is 4.90 Å². The van der Waals surface area contributed by atoms with Crippen LogP contribution < -0.4 is 0 Å². The minimum Gasteiger partial charge on any atom is -0.480 e. The lowest BCUT2D eigenvalue weighted by molar-refractivity contribution is -0.156. The fraction of sp³-hybridized carbons (Fsp3) is 0.238. The van der Waals surface area contributed by atoms with Crippen molar-refractivity contribution < 1.29 is 24.3 Å². The van der Waals surface area contributed by atoms with Gasteiger partial charge in [-0.2, -0.15) is 0 Å². The predicted molar refractivity (Wildman–Crippen MR) is 113 cm³/mol. The Morgan fingerprint density at radius 1 is 0.931 bits per heavy atom. The molecule has 3 rings (SSSR count). The van der Waals surface area contributed by atoms with Crippen LogP contribution >= 0.6 is 23.5 Å². The normalized spacial score (nSPS) is 16.6. The summed E-state index contributed by atoms with van der Waals surface area (Å²) in [6, 6.07) is 16.4. The van der Waals surface area contributed by atoms with Gasteiger partial charge < -0.3 is 10.0 Å². The van der Waals surface area contributed by atoms with Crippen molar-refractivity contribution in [2.75, 3.05) is 12.3 Å². The molecule has 0 bridgehead atoms. The van der Waals surface area contributed by atoms with Crippen molar-refractivity contribution in [3.63, 3.8) is 0 Å². The second kappa shape index (κ2) is 9.76. The number of aliphatic carboxylic acids is 1. The average molecular weight is 430 g/mol. The van der Waals surface area contributed by atoms with Gasteiger partial charge in [-0.25, -0.2) is 4.79 Å². The molecule has 150 valence electrons. The summed E-state index contributed by atoms with van der Waals surface area (Å²) in [5.41, 5.74) is 0.962. The largest absolute Gasteiger partial charge is 0.480 e. The first-order chi connectivity index (χ1) is 14.0. The van der Waals surface area contributed by atoms with Crippen LogP contribution in [0.4, 0.5) is 0 Å². The lowest BCUT2D eigenvalue weighted by atomic mass is 10.0. The van der Waals surface area contributed by atoms with E-state index < -0.39 is 23.2 Å². The van der Waals surface area contributed by atoms with E-state index >= 15 is 0 Å². The Kier molecular flexibility index (Phi) is 7.11. The maximum Gasteiger partial charge on any atom is 0.326 e. The molecule has 0 radical (unpaired) electrons. The molecular weight excluding hydrogens is 410 g/mol. The van der Waals surface area contributed by atoms with E-state index in [1.54, 1.807) is 60.7 Å². The van der Waals surface area contributed by atoms with Crippen molar-refractivity contribution in [2.45, 2.75) is 17.7 Å². The van der Waals surface area contributed by atoms with Crippen LogP contribution in [0.5, 0.6) is 0 Å². The second-order valence-electron chi connectivity index (χ2n) is 6.40. The molecule has 0 aliphatic carbocycles. The molecule has 0 aromatic heterocycles. The third kappa shape index (κ3) is 5.27. The first-order valence-electron chi connectivity index (χ1n) is 8.99. The van der Waals surface area contributed by atoms with Gasteiger partial charge in [0, 0.05) is 23.4 Å². The smallest absolute Gasteiger partial charge is 0.326 e. The first kappa shape index (κ1) is 21.1. The minimum absolute atomic E-state index is 0.0820. The predicted octanol–water partition coefficient (Wildman–Crippen LogP) is 3.19. The van der Waals surface area contributed by atoms with Crippen LogP contribution in [0.25, 0.3) is 0 Å². The standard InChI is InChI=1S/C21H19NO5S2/c23-18(22-12-11-16(22)19(24)25)17(29-21(27)15-9-5-2-6-10-15)13-28-20(26)14-7-3-1-4-8-14/h1-10,16-17H,11-13H2,(H,24,25). The number of benzene rings is 2. The highest BCUT2D eigenvalue weighted by molar-refractivity contribution is 8.18. The number of hydrogen-bond donors (Lipinski definition) is 1. The Balaban J connectivity index is 1.72. The van der Waals surface area contributed by atoms with Crippen LogP contribution in [-0.2, 0) is 9.59 Å². The summed E-state index contributed by atoms with van der Waals surface area (Å²) in [6.45, 7) is 0.337. The molecule has 1 fully saturated rings. The molecule has 1 aliphatic heterocycles. The van der Waals surface area contributed by atoms with E-state index in [0.29, 0.717) is 24.1 Å². The topological polar surface area (TPSA) is 91.8 Å². The molecule has 2 aromatic carbocycles. The number of likely N-dealkylation sites (tertiary alicyclic amines) is 1. The van der Waals surface area contributed by atoms with Crippen molar-refractivity contribution in [3.05, 3.63) is 71.8 Å². The van der Waals surface area contributed by atoms with Gasteiger partial charge in [-0.1, -0.05) is 84.2 Å². The molecule has 0 saturated carbocycles. The van der Waals surface area contributed by atoms with Crippen molar-refractivity contribution in [2.24, 2.45) is 0 Å². The van der Waals surface area contributed by atoms with Gasteiger partial charge in [0.1, 0.15) is 11.3 Å². The monoisotopic (exact) mass is 429 g/mol. The van der Waals surface area contributed by atoms with Gasteiger partial charge in [0.25, 0.3) is 0 Å². The van der Waals surface area contributed by atoms with Gasteiger partial charge in [0.05, 0.1) is 0 Å². The van der Waals surface area contributed by atoms with E-state index in [0.717, 1.165) is 23.5 Å². The number of hydrogen-bond acceptors (Lipinski definition) is 6. The highest BCUT2D eigenvalue weighted by Crippen LogP contribution is 2.28. The highest BCUT2D eigenvalue weighted by atomic mass is 32.2. The summed E-state index contributed by atoms with van der Waals surface area (Å²) < 4.78 is 0. The lowest BCUT2D eigenvalue weighted by Gasteiger charge is -2.39. The molecule has 8 heteroatoms. The van der Waals surface area contributed by atoms with Crippen LogP contribution in [0.3, 0.4) is 0 Å². The SMILES string of the molecule is O=C(SCC(SC(=O)c1ccccc1)C(=O)N1CCC1C(=O)O)c1ccccc1. The Morgan fingerprint density at radius 3 is 1.97 bits per heavy atom. The maximum absolute atomic E-state index is 12.9. The van der Waals surface area contributed by atoms with Crippen molar-refractivity contribution >= 4 is 45.6 Å². The molecule has 6 nitrogen and oxygen atoms in total. The Labute approximate surface area is 176 Å². The zero-order valence-corrected chi connectivity index (χ0v) is 17.0. The van der Waals surface area contributed by atoms with Crippen LogP contribution in [-0.4, -0.2) is 55.7 Å². The average Bonchev–Trinajstić information content (AvgIpc) is 2.70. The van der Waals surface area contributed by atoms with Crippen LogP contribution in [0.2, 0.25) is 0 Å². The van der Waals surface area contributed by atoms with Gasteiger partial charge >= 0.3 is 5.97 Å².